The minimum absolute atomic E-state index is 0.0313. The molecule has 0 spiro atoms. The number of hydrogen-bond acceptors (Lipinski definition) is 5. The van der Waals surface area contributed by atoms with Gasteiger partial charge < -0.3 is 9.47 Å². The number of carbonyl (C=O) groups is 3. The number of cyclic esters (lactones) is 2. The fraction of sp³-hybridized carbons (Fsp3) is 0.286. The second kappa shape index (κ2) is 3.17. The van der Waals surface area contributed by atoms with Gasteiger partial charge in [0.2, 0.25) is 0 Å². The van der Waals surface area contributed by atoms with E-state index in [0.717, 1.165) is 6.08 Å². The number of carbonyl (C=O) groups excluding carboxylic acids is 3. The first-order valence-corrected chi connectivity index (χ1v) is 3.21. The molecule has 0 fully saturated rings. The van der Waals surface area contributed by atoms with E-state index >= 15 is 0 Å². The summed E-state index contributed by atoms with van der Waals surface area (Å²) in [5, 5.41) is 0. The first-order chi connectivity index (χ1) is 5.58. The van der Waals surface area contributed by atoms with Crippen LogP contribution in [0.5, 0.6) is 0 Å². The molecule has 12 heavy (non-hydrogen) atoms. The Bertz CT molecular complexity index is 276. The Morgan fingerprint density at radius 3 is 2.75 bits per heavy atom. The molecule has 1 rings (SSSR count). The molecule has 0 saturated heterocycles. The Morgan fingerprint density at radius 1 is 1.58 bits per heavy atom. The molecule has 1 aliphatic heterocycles. The van der Waals surface area contributed by atoms with Crippen LogP contribution in [0.3, 0.4) is 0 Å². The number of ether oxygens (including phenoxy) is 2. The Morgan fingerprint density at radius 2 is 2.25 bits per heavy atom. The lowest BCUT2D eigenvalue weighted by atomic mass is 10.3. The van der Waals surface area contributed by atoms with Crippen LogP contribution in [-0.2, 0) is 23.9 Å². The second-order valence-electron chi connectivity index (χ2n) is 2.17. The average molecular weight is 170 g/mol. The molecular formula is C7H6O5. The second-order valence-corrected chi connectivity index (χ2v) is 2.17. The summed E-state index contributed by atoms with van der Waals surface area (Å²) < 4.78 is 8.68. The fourth-order valence-corrected chi connectivity index (χ4v) is 0.753. The third kappa shape index (κ3) is 2.19. The summed E-state index contributed by atoms with van der Waals surface area (Å²) in [6.07, 6.45) is 0.800. The van der Waals surface area contributed by atoms with Crippen LogP contribution in [0.4, 0.5) is 0 Å². The summed E-state index contributed by atoms with van der Waals surface area (Å²) >= 11 is 0. The number of rotatable bonds is 1. The van der Waals surface area contributed by atoms with E-state index in [2.05, 4.69) is 9.47 Å². The van der Waals surface area contributed by atoms with Gasteiger partial charge in [-0.2, -0.15) is 0 Å². The van der Waals surface area contributed by atoms with Crippen molar-refractivity contribution in [3.05, 3.63) is 11.8 Å². The van der Waals surface area contributed by atoms with Gasteiger partial charge in [-0.05, 0) is 0 Å². The maximum atomic E-state index is 10.6. The largest absolute Gasteiger partial charge is 0.430 e. The Hall–Kier alpha value is -1.65. The number of esters is 3. The smallest absolute Gasteiger partial charge is 0.341 e. The van der Waals surface area contributed by atoms with Gasteiger partial charge >= 0.3 is 17.9 Å². The van der Waals surface area contributed by atoms with Crippen LogP contribution in [-0.4, -0.2) is 17.9 Å². The Balaban J connectivity index is 2.70. The van der Waals surface area contributed by atoms with Crippen LogP contribution in [0.2, 0.25) is 0 Å². The van der Waals surface area contributed by atoms with E-state index in [4.69, 9.17) is 0 Å². The van der Waals surface area contributed by atoms with Gasteiger partial charge in [-0.1, -0.05) is 0 Å². The Kier molecular flexibility index (Phi) is 2.23. The highest BCUT2D eigenvalue weighted by Crippen LogP contribution is 2.11. The molecule has 0 saturated carbocycles. The van der Waals surface area contributed by atoms with Crippen molar-refractivity contribution in [3.8, 4) is 0 Å². The SMILES string of the molecule is CC(=O)OC1=CC(=O)OC(=O)C1. The predicted octanol–water partition coefficient (Wildman–Crippen LogP) is -0.0931. The van der Waals surface area contributed by atoms with Gasteiger partial charge in [0, 0.05) is 6.92 Å². The lowest BCUT2D eigenvalue weighted by molar-refractivity contribution is -0.158. The number of hydrogen-bond donors (Lipinski definition) is 0. The third-order valence-corrected chi connectivity index (χ3v) is 1.09. The van der Waals surface area contributed by atoms with Crippen LogP contribution in [0, 0.1) is 0 Å². The van der Waals surface area contributed by atoms with Crippen molar-refractivity contribution in [2.75, 3.05) is 0 Å². The van der Waals surface area contributed by atoms with Gasteiger partial charge in [0.25, 0.3) is 0 Å². The molecule has 0 amide bonds. The first kappa shape index (κ1) is 8.45. The van der Waals surface area contributed by atoms with Crippen LogP contribution < -0.4 is 0 Å². The summed E-state index contributed by atoms with van der Waals surface area (Å²) in [5.41, 5.74) is 0. The molecule has 1 heterocycles. The fourth-order valence-electron chi connectivity index (χ4n) is 0.753. The maximum Gasteiger partial charge on any atom is 0.341 e. The van der Waals surface area contributed by atoms with E-state index in [0.29, 0.717) is 0 Å². The van der Waals surface area contributed by atoms with Crippen molar-refractivity contribution in [1.29, 1.82) is 0 Å². The quantitative estimate of drug-likeness (QED) is 0.406. The molecule has 0 aromatic heterocycles. The van der Waals surface area contributed by atoms with Crippen LogP contribution in [0.15, 0.2) is 11.8 Å². The zero-order valence-corrected chi connectivity index (χ0v) is 6.33. The molecule has 0 atom stereocenters. The Labute approximate surface area is 67.9 Å². The normalized spacial score (nSPS) is 16.6. The summed E-state index contributed by atoms with van der Waals surface area (Å²) in [5.74, 6) is -2.05. The van der Waals surface area contributed by atoms with E-state index in [-0.39, 0.29) is 12.2 Å². The predicted molar refractivity (Wildman–Crippen MR) is 35.6 cm³/mol. The molecule has 0 radical (unpaired) electrons. The van der Waals surface area contributed by atoms with Crippen LogP contribution >= 0.6 is 0 Å². The van der Waals surface area contributed by atoms with E-state index in [1.807, 2.05) is 0 Å². The third-order valence-electron chi connectivity index (χ3n) is 1.09. The topological polar surface area (TPSA) is 69.7 Å². The maximum absolute atomic E-state index is 10.6. The molecule has 0 bridgehead atoms. The van der Waals surface area contributed by atoms with Crippen LogP contribution in [0.1, 0.15) is 13.3 Å². The molecular weight excluding hydrogens is 164 g/mol. The minimum atomic E-state index is -0.803. The summed E-state index contributed by atoms with van der Waals surface area (Å²) in [4.78, 5) is 31.5. The molecule has 0 N–H and O–H groups in total. The highest BCUT2D eigenvalue weighted by molar-refractivity contribution is 5.96. The van der Waals surface area contributed by atoms with E-state index in [9.17, 15) is 14.4 Å². The summed E-state index contributed by atoms with van der Waals surface area (Å²) in [7, 11) is 0. The first-order valence-electron chi connectivity index (χ1n) is 3.21. The minimum Gasteiger partial charge on any atom is -0.430 e. The zero-order chi connectivity index (χ0) is 9.14. The molecule has 0 aliphatic carbocycles. The standard InChI is InChI=1S/C7H6O5/c1-4(8)11-5-2-6(9)12-7(10)3-5/h2H,3H2,1H3. The molecule has 0 aromatic carbocycles. The molecule has 0 aromatic rings. The summed E-state index contributed by atoms with van der Waals surface area (Å²) in [6, 6.07) is 0. The van der Waals surface area contributed by atoms with Gasteiger partial charge in [-0.25, -0.2) is 4.79 Å². The average Bonchev–Trinajstić information content (AvgIpc) is 1.81. The summed E-state index contributed by atoms with van der Waals surface area (Å²) in [6.45, 7) is 1.19. The lowest BCUT2D eigenvalue weighted by Gasteiger charge is -2.09. The van der Waals surface area contributed by atoms with Gasteiger partial charge in [0.1, 0.15) is 12.2 Å². The highest BCUT2D eigenvalue weighted by Gasteiger charge is 2.20. The van der Waals surface area contributed by atoms with Gasteiger partial charge in [0.15, 0.2) is 0 Å². The van der Waals surface area contributed by atoms with Gasteiger partial charge in [-0.3, -0.25) is 9.59 Å². The highest BCUT2D eigenvalue weighted by atomic mass is 16.6. The van der Waals surface area contributed by atoms with Crippen molar-refractivity contribution in [2.24, 2.45) is 0 Å². The van der Waals surface area contributed by atoms with E-state index < -0.39 is 17.9 Å². The molecule has 1 aliphatic rings. The molecule has 64 valence electrons. The molecule has 0 unspecified atom stereocenters. The van der Waals surface area contributed by atoms with Gasteiger partial charge in [-0.15, -0.1) is 0 Å². The van der Waals surface area contributed by atoms with Crippen molar-refractivity contribution < 1.29 is 23.9 Å². The van der Waals surface area contributed by atoms with Crippen molar-refractivity contribution >= 4 is 17.9 Å². The van der Waals surface area contributed by atoms with Gasteiger partial charge in [0.05, 0.1) is 6.08 Å². The van der Waals surface area contributed by atoms with E-state index in [1.54, 1.807) is 0 Å². The van der Waals surface area contributed by atoms with E-state index in [1.165, 1.54) is 6.92 Å². The lowest BCUT2D eigenvalue weighted by Crippen LogP contribution is -2.18. The van der Waals surface area contributed by atoms with Crippen molar-refractivity contribution in [1.82, 2.24) is 0 Å². The molecule has 5 nitrogen and oxygen atoms in total. The van der Waals surface area contributed by atoms with Crippen LogP contribution in [0.25, 0.3) is 0 Å². The molecule has 5 heteroatoms. The van der Waals surface area contributed by atoms with Crippen molar-refractivity contribution in [2.45, 2.75) is 13.3 Å². The monoisotopic (exact) mass is 170 g/mol. The van der Waals surface area contributed by atoms with Crippen molar-refractivity contribution in [3.63, 3.8) is 0 Å². The zero-order valence-electron chi connectivity index (χ0n) is 6.33.